The zero-order chi connectivity index (χ0) is 20.8. The second kappa shape index (κ2) is 8.83. The molecule has 0 fully saturated rings. The van der Waals surface area contributed by atoms with Crippen LogP contribution < -0.4 is 0 Å². The van der Waals surface area contributed by atoms with Gasteiger partial charge in [0.2, 0.25) is 5.76 Å². The van der Waals surface area contributed by atoms with Gasteiger partial charge in [0.05, 0.1) is 22.7 Å². The molecule has 148 valence electrons. The number of furan rings is 1. The first kappa shape index (κ1) is 19.8. The van der Waals surface area contributed by atoms with Gasteiger partial charge in [0.1, 0.15) is 12.2 Å². The van der Waals surface area contributed by atoms with Crippen molar-refractivity contribution in [3.8, 4) is 0 Å². The number of nitro benzene ring substituents is 1. The Labute approximate surface area is 165 Å². The van der Waals surface area contributed by atoms with Gasteiger partial charge in [-0.3, -0.25) is 10.1 Å². The third kappa shape index (κ3) is 4.49. The van der Waals surface area contributed by atoms with Gasteiger partial charge in [0.25, 0.3) is 5.69 Å². The molecule has 0 atom stereocenters. The monoisotopic (exact) mass is 395 g/mol. The standard InChI is InChI=1S/C21H17NO7/c1-2-27-21(24)20-16(15-8-4-6-10-18(15)29-20)13-28-19(23)12-11-14-7-3-5-9-17(14)22(25)26/h3-12H,2,13H2,1H3. The Morgan fingerprint density at radius 1 is 1.10 bits per heavy atom. The van der Waals surface area contributed by atoms with Gasteiger partial charge < -0.3 is 13.9 Å². The second-order valence-corrected chi connectivity index (χ2v) is 5.88. The van der Waals surface area contributed by atoms with Crippen LogP contribution in [0.5, 0.6) is 0 Å². The normalized spacial score (nSPS) is 10.9. The van der Waals surface area contributed by atoms with Crippen molar-refractivity contribution in [1.29, 1.82) is 0 Å². The van der Waals surface area contributed by atoms with E-state index in [2.05, 4.69) is 0 Å². The van der Waals surface area contributed by atoms with Crippen molar-refractivity contribution in [1.82, 2.24) is 0 Å². The fourth-order valence-corrected chi connectivity index (χ4v) is 2.75. The lowest BCUT2D eigenvalue weighted by Crippen LogP contribution is -2.08. The SMILES string of the molecule is CCOC(=O)c1oc2ccccc2c1COC(=O)C=Cc1ccccc1[N+](=O)[O-]. The lowest BCUT2D eigenvalue weighted by atomic mass is 10.1. The summed E-state index contributed by atoms with van der Waals surface area (Å²) in [4.78, 5) is 34.8. The minimum atomic E-state index is -0.719. The van der Waals surface area contributed by atoms with Gasteiger partial charge in [-0.2, -0.15) is 0 Å². The molecule has 0 aliphatic rings. The number of carbonyl (C=O) groups is 2. The van der Waals surface area contributed by atoms with Crippen LogP contribution >= 0.6 is 0 Å². The summed E-state index contributed by atoms with van der Waals surface area (Å²) in [5.41, 5.74) is 1.01. The molecule has 3 rings (SSSR count). The van der Waals surface area contributed by atoms with E-state index in [1.54, 1.807) is 37.3 Å². The molecule has 1 aromatic heterocycles. The lowest BCUT2D eigenvalue weighted by Gasteiger charge is -2.04. The Bertz CT molecular complexity index is 1100. The van der Waals surface area contributed by atoms with Crippen molar-refractivity contribution in [3.63, 3.8) is 0 Å². The maximum Gasteiger partial charge on any atom is 0.374 e. The fraction of sp³-hybridized carbons (Fsp3) is 0.143. The number of nitro groups is 1. The van der Waals surface area contributed by atoms with E-state index in [9.17, 15) is 19.7 Å². The van der Waals surface area contributed by atoms with Crippen LogP contribution in [0.1, 0.15) is 28.6 Å². The van der Waals surface area contributed by atoms with Crippen molar-refractivity contribution in [2.75, 3.05) is 6.61 Å². The summed E-state index contributed by atoms with van der Waals surface area (Å²) in [5, 5.41) is 11.7. The topological polar surface area (TPSA) is 109 Å². The van der Waals surface area contributed by atoms with Gasteiger partial charge in [-0.15, -0.1) is 0 Å². The fourth-order valence-electron chi connectivity index (χ4n) is 2.75. The van der Waals surface area contributed by atoms with Crippen molar-refractivity contribution < 1.29 is 28.4 Å². The van der Waals surface area contributed by atoms with Gasteiger partial charge in [0.15, 0.2) is 0 Å². The molecule has 0 amide bonds. The van der Waals surface area contributed by atoms with Gasteiger partial charge >= 0.3 is 11.9 Å². The Morgan fingerprint density at radius 2 is 1.83 bits per heavy atom. The number of ether oxygens (including phenoxy) is 2. The molecular weight excluding hydrogens is 378 g/mol. The molecule has 0 saturated heterocycles. The molecular formula is C21H17NO7. The molecule has 0 aliphatic heterocycles. The van der Waals surface area contributed by atoms with E-state index >= 15 is 0 Å². The average Bonchev–Trinajstić information content (AvgIpc) is 3.10. The first-order valence-electron chi connectivity index (χ1n) is 8.77. The molecule has 1 heterocycles. The molecule has 2 aromatic carbocycles. The molecule has 3 aromatic rings. The number of carbonyl (C=O) groups excluding carboxylic acids is 2. The highest BCUT2D eigenvalue weighted by molar-refractivity contribution is 5.96. The van der Waals surface area contributed by atoms with Crippen LogP contribution in [0.2, 0.25) is 0 Å². The molecule has 0 bridgehead atoms. The number of benzene rings is 2. The second-order valence-electron chi connectivity index (χ2n) is 5.88. The van der Waals surface area contributed by atoms with E-state index in [1.165, 1.54) is 24.3 Å². The van der Waals surface area contributed by atoms with E-state index in [4.69, 9.17) is 13.9 Å². The van der Waals surface area contributed by atoms with E-state index in [-0.39, 0.29) is 30.2 Å². The third-order valence-corrected chi connectivity index (χ3v) is 4.05. The zero-order valence-electron chi connectivity index (χ0n) is 15.5. The maximum absolute atomic E-state index is 12.2. The summed E-state index contributed by atoms with van der Waals surface area (Å²) in [5.74, 6) is -1.39. The highest BCUT2D eigenvalue weighted by atomic mass is 16.6. The van der Waals surface area contributed by atoms with E-state index in [0.717, 1.165) is 6.08 Å². The predicted octanol–water partition coefficient (Wildman–Crippen LogP) is 4.27. The molecule has 0 radical (unpaired) electrons. The van der Waals surface area contributed by atoms with Crippen LogP contribution in [0.15, 0.2) is 59.0 Å². The molecule has 0 saturated carbocycles. The summed E-state index contributed by atoms with van der Waals surface area (Å²) < 4.78 is 15.8. The van der Waals surface area contributed by atoms with Crippen LogP contribution in [0.25, 0.3) is 17.0 Å². The van der Waals surface area contributed by atoms with Crippen LogP contribution in [-0.4, -0.2) is 23.5 Å². The smallest absolute Gasteiger partial charge is 0.374 e. The zero-order valence-corrected chi connectivity index (χ0v) is 15.5. The molecule has 0 N–H and O–H groups in total. The number of para-hydroxylation sites is 2. The Kier molecular flexibility index (Phi) is 6.03. The predicted molar refractivity (Wildman–Crippen MR) is 104 cm³/mol. The largest absolute Gasteiger partial charge is 0.460 e. The summed E-state index contributed by atoms with van der Waals surface area (Å²) in [6.45, 7) is 1.63. The maximum atomic E-state index is 12.2. The minimum Gasteiger partial charge on any atom is -0.460 e. The van der Waals surface area contributed by atoms with Gasteiger partial charge in [-0.1, -0.05) is 30.3 Å². The summed E-state index contributed by atoms with van der Waals surface area (Å²) in [6, 6.07) is 13.0. The molecule has 0 unspecified atom stereocenters. The highest BCUT2D eigenvalue weighted by Crippen LogP contribution is 2.27. The van der Waals surface area contributed by atoms with E-state index < -0.39 is 16.9 Å². The molecule has 0 spiro atoms. The van der Waals surface area contributed by atoms with Gasteiger partial charge in [-0.05, 0) is 25.1 Å². The third-order valence-electron chi connectivity index (χ3n) is 4.05. The summed E-state index contributed by atoms with van der Waals surface area (Å²) >= 11 is 0. The molecule has 8 nitrogen and oxygen atoms in total. The Balaban J connectivity index is 1.78. The minimum absolute atomic E-state index is 0.0245. The molecule has 0 aliphatic carbocycles. The molecule has 8 heteroatoms. The highest BCUT2D eigenvalue weighted by Gasteiger charge is 2.22. The first-order valence-corrected chi connectivity index (χ1v) is 8.77. The van der Waals surface area contributed by atoms with Crippen LogP contribution in [0.3, 0.4) is 0 Å². The number of hydrogen-bond donors (Lipinski definition) is 0. The van der Waals surface area contributed by atoms with Crippen LogP contribution in [0, 0.1) is 10.1 Å². The average molecular weight is 395 g/mol. The first-order chi connectivity index (χ1) is 14.0. The lowest BCUT2D eigenvalue weighted by molar-refractivity contribution is -0.385. The van der Waals surface area contributed by atoms with Gasteiger partial charge in [0, 0.05) is 17.5 Å². The Morgan fingerprint density at radius 3 is 2.59 bits per heavy atom. The van der Waals surface area contributed by atoms with Crippen molar-refractivity contribution in [3.05, 3.63) is 81.6 Å². The number of esters is 2. The summed E-state index contributed by atoms with van der Waals surface area (Å²) in [6.07, 6.45) is 2.40. The number of fused-ring (bicyclic) bond motifs is 1. The van der Waals surface area contributed by atoms with Crippen molar-refractivity contribution >= 4 is 34.7 Å². The van der Waals surface area contributed by atoms with Gasteiger partial charge in [-0.25, -0.2) is 9.59 Å². The number of hydrogen-bond acceptors (Lipinski definition) is 7. The van der Waals surface area contributed by atoms with Crippen molar-refractivity contribution in [2.24, 2.45) is 0 Å². The van der Waals surface area contributed by atoms with Crippen molar-refractivity contribution in [2.45, 2.75) is 13.5 Å². The van der Waals surface area contributed by atoms with E-state index in [1.807, 2.05) is 0 Å². The summed E-state index contributed by atoms with van der Waals surface area (Å²) in [7, 11) is 0. The van der Waals surface area contributed by atoms with Crippen LogP contribution in [0.4, 0.5) is 5.69 Å². The quantitative estimate of drug-likeness (QED) is 0.254. The number of rotatable bonds is 7. The Hall–Kier alpha value is -3.94. The van der Waals surface area contributed by atoms with Crippen LogP contribution in [-0.2, 0) is 20.9 Å². The number of nitrogens with zero attached hydrogens (tertiary/aromatic N) is 1. The molecule has 29 heavy (non-hydrogen) atoms. The van der Waals surface area contributed by atoms with E-state index in [0.29, 0.717) is 16.5 Å².